The molecule has 0 fully saturated rings. The van der Waals surface area contributed by atoms with Gasteiger partial charge < -0.3 is 4.90 Å². The average Bonchev–Trinajstić information content (AvgIpc) is 2.20. The lowest BCUT2D eigenvalue weighted by atomic mass is 10.3. The van der Waals surface area contributed by atoms with Gasteiger partial charge in [-0.15, -0.1) is 0 Å². The number of pyridine rings is 1. The molecule has 0 saturated heterocycles. The van der Waals surface area contributed by atoms with Crippen LogP contribution in [0.4, 0.5) is 19.0 Å². The summed E-state index contributed by atoms with van der Waals surface area (Å²) in [5.41, 5.74) is 0. The first-order valence-corrected chi connectivity index (χ1v) is 4.16. The molecule has 80 valence electrons. The van der Waals surface area contributed by atoms with E-state index in [0.29, 0.717) is 6.07 Å². The Morgan fingerprint density at radius 1 is 1.40 bits per heavy atom. The number of nitriles is 1. The molecule has 1 rings (SSSR count). The van der Waals surface area contributed by atoms with Gasteiger partial charge in [-0.25, -0.2) is 8.78 Å². The van der Waals surface area contributed by atoms with Crippen molar-refractivity contribution in [3.63, 3.8) is 0 Å². The Labute approximate surface area is 84.8 Å². The summed E-state index contributed by atoms with van der Waals surface area (Å²) in [6, 6.07) is 2.29. The highest BCUT2D eigenvalue weighted by Crippen LogP contribution is 2.17. The van der Waals surface area contributed by atoms with E-state index >= 15 is 0 Å². The molecule has 0 amide bonds. The molecule has 3 nitrogen and oxygen atoms in total. The molecule has 15 heavy (non-hydrogen) atoms. The summed E-state index contributed by atoms with van der Waals surface area (Å²) in [7, 11) is 1.44. The third kappa shape index (κ3) is 2.59. The van der Waals surface area contributed by atoms with E-state index in [4.69, 9.17) is 5.26 Å². The van der Waals surface area contributed by atoms with E-state index in [1.165, 1.54) is 11.9 Å². The van der Waals surface area contributed by atoms with Gasteiger partial charge in [0.1, 0.15) is 0 Å². The van der Waals surface area contributed by atoms with Crippen LogP contribution < -0.4 is 4.90 Å². The van der Waals surface area contributed by atoms with Crippen LogP contribution in [0.15, 0.2) is 6.07 Å². The minimum Gasteiger partial charge on any atom is -0.356 e. The number of hydrogen-bond acceptors (Lipinski definition) is 3. The zero-order chi connectivity index (χ0) is 11.4. The first-order valence-electron chi connectivity index (χ1n) is 4.16. The van der Waals surface area contributed by atoms with Gasteiger partial charge in [0.2, 0.25) is 0 Å². The summed E-state index contributed by atoms with van der Waals surface area (Å²) in [6.45, 7) is 0.200. The molecular formula is C9H8F3N3. The zero-order valence-electron chi connectivity index (χ0n) is 7.97. The molecule has 0 spiro atoms. The topological polar surface area (TPSA) is 39.9 Å². The Hall–Kier alpha value is -1.77. The molecule has 0 radical (unpaired) electrons. The number of halogens is 3. The summed E-state index contributed by atoms with van der Waals surface area (Å²) < 4.78 is 38.3. The second-order valence-corrected chi connectivity index (χ2v) is 2.90. The molecule has 0 aliphatic heterocycles. The minimum atomic E-state index is -1.35. The number of rotatable bonds is 3. The summed E-state index contributed by atoms with van der Waals surface area (Å²) in [5, 5.41) is 8.31. The van der Waals surface area contributed by atoms with Gasteiger partial charge in [-0.3, -0.25) is 0 Å². The van der Waals surface area contributed by atoms with E-state index in [-0.39, 0.29) is 18.8 Å². The largest absolute Gasteiger partial charge is 0.356 e. The maximum absolute atomic E-state index is 13.1. The molecule has 1 aromatic heterocycles. The van der Waals surface area contributed by atoms with Crippen molar-refractivity contribution < 1.29 is 13.2 Å². The molecule has 6 heteroatoms. The molecule has 0 saturated carbocycles. The molecule has 0 N–H and O–H groups in total. The van der Waals surface area contributed by atoms with Crippen LogP contribution >= 0.6 is 0 Å². The molecule has 0 aliphatic rings. The average molecular weight is 215 g/mol. The number of anilines is 1. The summed E-state index contributed by atoms with van der Waals surface area (Å²) in [4.78, 5) is 4.38. The predicted molar refractivity (Wildman–Crippen MR) is 47.6 cm³/mol. The fourth-order valence-corrected chi connectivity index (χ4v) is 1.03. The van der Waals surface area contributed by atoms with Crippen molar-refractivity contribution >= 4 is 5.82 Å². The van der Waals surface area contributed by atoms with E-state index in [0.717, 1.165) is 0 Å². The number of aromatic nitrogens is 1. The second kappa shape index (κ2) is 4.64. The maximum Gasteiger partial charge on any atom is 0.251 e. The Balaban J connectivity index is 2.94. The van der Waals surface area contributed by atoms with Crippen LogP contribution in [0.25, 0.3) is 0 Å². The molecule has 0 aromatic carbocycles. The zero-order valence-corrected chi connectivity index (χ0v) is 7.97. The number of nitrogens with zero attached hydrogens (tertiary/aromatic N) is 3. The lowest BCUT2D eigenvalue weighted by Gasteiger charge is -2.16. The van der Waals surface area contributed by atoms with Gasteiger partial charge in [-0.05, 0) is 0 Å². The highest BCUT2D eigenvalue weighted by Gasteiger charge is 2.14. The van der Waals surface area contributed by atoms with Crippen LogP contribution in [0.1, 0.15) is 6.42 Å². The Kier molecular flexibility index (Phi) is 3.50. The summed E-state index contributed by atoms with van der Waals surface area (Å²) in [6.07, 6.45) is 0.149. The van der Waals surface area contributed by atoms with Gasteiger partial charge in [0.05, 0.1) is 12.5 Å². The van der Waals surface area contributed by atoms with Gasteiger partial charge in [-0.1, -0.05) is 0 Å². The Bertz CT molecular complexity index is 400. The molecule has 0 atom stereocenters. The lowest BCUT2D eigenvalue weighted by Crippen LogP contribution is -2.21. The van der Waals surface area contributed by atoms with E-state index in [2.05, 4.69) is 4.98 Å². The lowest BCUT2D eigenvalue weighted by molar-refractivity contribution is 0.464. The van der Waals surface area contributed by atoms with Crippen molar-refractivity contribution in [3.05, 3.63) is 23.6 Å². The SMILES string of the molecule is CN(CCC#N)c1nc(F)c(F)cc1F. The van der Waals surface area contributed by atoms with E-state index in [9.17, 15) is 13.2 Å². The monoisotopic (exact) mass is 215 g/mol. The van der Waals surface area contributed by atoms with Gasteiger partial charge in [0.15, 0.2) is 17.5 Å². The van der Waals surface area contributed by atoms with E-state index in [1.54, 1.807) is 0 Å². The predicted octanol–water partition coefficient (Wildman–Crippen LogP) is 1.85. The smallest absolute Gasteiger partial charge is 0.251 e. The van der Waals surface area contributed by atoms with E-state index in [1.807, 2.05) is 6.07 Å². The molecule has 1 heterocycles. The van der Waals surface area contributed by atoms with Gasteiger partial charge in [0, 0.05) is 19.7 Å². The van der Waals surface area contributed by atoms with Crippen LogP contribution in [0.3, 0.4) is 0 Å². The van der Waals surface area contributed by atoms with Gasteiger partial charge >= 0.3 is 0 Å². The minimum absolute atomic E-state index is 0.149. The number of hydrogen-bond donors (Lipinski definition) is 0. The molecule has 0 unspecified atom stereocenters. The van der Waals surface area contributed by atoms with Crippen LogP contribution in [-0.4, -0.2) is 18.6 Å². The van der Waals surface area contributed by atoms with Gasteiger partial charge in [-0.2, -0.15) is 14.6 Å². The Morgan fingerprint density at radius 2 is 2.07 bits per heavy atom. The Morgan fingerprint density at radius 3 is 2.67 bits per heavy atom. The standard InChI is InChI=1S/C9H8F3N3/c1-15(4-2-3-13)9-7(11)5-6(10)8(12)14-9/h5H,2,4H2,1H3. The van der Waals surface area contributed by atoms with E-state index < -0.39 is 17.6 Å². The second-order valence-electron chi connectivity index (χ2n) is 2.90. The van der Waals surface area contributed by atoms with Crippen LogP contribution in [0, 0.1) is 28.9 Å². The van der Waals surface area contributed by atoms with Crippen LogP contribution in [-0.2, 0) is 0 Å². The van der Waals surface area contributed by atoms with Crippen LogP contribution in [0.2, 0.25) is 0 Å². The highest BCUT2D eigenvalue weighted by molar-refractivity contribution is 5.39. The quantitative estimate of drug-likeness (QED) is 0.722. The summed E-state index contributed by atoms with van der Waals surface area (Å²) >= 11 is 0. The third-order valence-corrected chi connectivity index (χ3v) is 1.79. The normalized spacial score (nSPS) is 9.80. The van der Waals surface area contributed by atoms with Crippen molar-refractivity contribution in [1.29, 1.82) is 5.26 Å². The fourth-order valence-electron chi connectivity index (χ4n) is 1.03. The summed E-state index contributed by atoms with van der Waals surface area (Å²) in [5.74, 6) is -3.93. The first-order chi connectivity index (χ1) is 7.06. The maximum atomic E-state index is 13.1. The van der Waals surface area contributed by atoms with Crippen molar-refractivity contribution in [3.8, 4) is 6.07 Å². The van der Waals surface area contributed by atoms with Crippen molar-refractivity contribution in [2.75, 3.05) is 18.5 Å². The van der Waals surface area contributed by atoms with Crippen molar-refractivity contribution in [1.82, 2.24) is 4.98 Å². The highest BCUT2D eigenvalue weighted by atomic mass is 19.2. The first kappa shape index (κ1) is 11.3. The third-order valence-electron chi connectivity index (χ3n) is 1.79. The molecule has 0 aliphatic carbocycles. The van der Waals surface area contributed by atoms with Crippen molar-refractivity contribution in [2.45, 2.75) is 6.42 Å². The molecule has 1 aromatic rings. The molecular weight excluding hydrogens is 207 g/mol. The fraction of sp³-hybridized carbons (Fsp3) is 0.333. The van der Waals surface area contributed by atoms with Crippen LogP contribution in [0.5, 0.6) is 0 Å². The van der Waals surface area contributed by atoms with Gasteiger partial charge in [0.25, 0.3) is 5.95 Å². The molecule has 0 bridgehead atoms. The van der Waals surface area contributed by atoms with Crippen molar-refractivity contribution in [2.24, 2.45) is 0 Å².